The second kappa shape index (κ2) is 5.37. The molecule has 0 aliphatic heterocycles. The second-order valence-corrected chi connectivity index (χ2v) is 4.48. The molecule has 1 aliphatic rings. The van der Waals surface area contributed by atoms with Gasteiger partial charge in [0.25, 0.3) is 0 Å². The minimum Gasteiger partial charge on any atom is -0.457 e. The average Bonchev–Trinajstić information content (AvgIpc) is 2.91. The molecule has 0 fully saturated rings. The molecule has 1 aromatic carbocycles. The summed E-state index contributed by atoms with van der Waals surface area (Å²) in [4.78, 5) is 11.8. The van der Waals surface area contributed by atoms with Crippen molar-refractivity contribution in [1.82, 2.24) is 0 Å². The van der Waals surface area contributed by atoms with Crippen molar-refractivity contribution in [2.45, 2.75) is 19.4 Å². The van der Waals surface area contributed by atoms with Gasteiger partial charge in [-0.1, -0.05) is 36.4 Å². The van der Waals surface area contributed by atoms with Gasteiger partial charge in [-0.25, -0.2) is 4.79 Å². The molecule has 0 unspecified atom stereocenters. The maximum atomic E-state index is 11.8. The smallest absolute Gasteiger partial charge is 0.334 e. The van der Waals surface area contributed by atoms with Gasteiger partial charge in [-0.3, -0.25) is 0 Å². The van der Waals surface area contributed by atoms with Crippen LogP contribution < -0.4 is 0 Å². The van der Waals surface area contributed by atoms with E-state index in [9.17, 15) is 4.79 Å². The van der Waals surface area contributed by atoms with Gasteiger partial charge in [-0.15, -0.1) is 0 Å². The highest BCUT2D eigenvalue weighted by Gasteiger charge is 2.37. The number of carbonyl (C=O) groups excluding carboxylic acids is 1. The standard InChI is InChI=1S/C15H12N2O2/c16-10-15(11-17)7-6-13(8-15)14(18)19-9-12-4-2-1-3-5-12/h1-6H,7-9H2. The molecule has 1 aliphatic carbocycles. The maximum absolute atomic E-state index is 11.8. The van der Waals surface area contributed by atoms with Crippen LogP contribution in [0.2, 0.25) is 0 Å². The largest absolute Gasteiger partial charge is 0.457 e. The number of benzene rings is 1. The van der Waals surface area contributed by atoms with E-state index in [0.29, 0.717) is 5.57 Å². The van der Waals surface area contributed by atoms with Gasteiger partial charge < -0.3 is 4.74 Å². The Morgan fingerprint density at radius 2 is 1.95 bits per heavy atom. The Morgan fingerprint density at radius 3 is 2.53 bits per heavy atom. The predicted octanol–water partition coefficient (Wildman–Crippen LogP) is 2.48. The molecule has 0 saturated carbocycles. The summed E-state index contributed by atoms with van der Waals surface area (Å²) in [6.45, 7) is 0.198. The molecular weight excluding hydrogens is 240 g/mol. The van der Waals surface area contributed by atoms with Crippen molar-refractivity contribution in [3.05, 3.63) is 47.5 Å². The topological polar surface area (TPSA) is 73.9 Å². The highest BCUT2D eigenvalue weighted by Crippen LogP contribution is 2.36. The number of nitrogens with zero attached hydrogens (tertiary/aromatic N) is 2. The van der Waals surface area contributed by atoms with E-state index in [-0.39, 0.29) is 19.4 Å². The van der Waals surface area contributed by atoms with Crippen molar-refractivity contribution >= 4 is 5.97 Å². The summed E-state index contributed by atoms with van der Waals surface area (Å²) in [5, 5.41) is 17.9. The Morgan fingerprint density at radius 1 is 1.26 bits per heavy atom. The van der Waals surface area contributed by atoms with Crippen LogP contribution in [0.5, 0.6) is 0 Å². The lowest BCUT2D eigenvalue weighted by Crippen LogP contribution is -2.14. The van der Waals surface area contributed by atoms with E-state index >= 15 is 0 Å². The molecule has 4 heteroatoms. The zero-order valence-electron chi connectivity index (χ0n) is 10.3. The molecule has 1 aromatic rings. The van der Waals surface area contributed by atoms with Crippen molar-refractivity contribution < 1.29 is 9.53 Å². The Hall–Kier alpha value is -2.59. The quantitative estimate of drug-likeness (QED) is 0.774. The number of carbonyl (C=O) groups is 1. The highest BCUT2D eigenvalue weighted by molar-refractivity contribution is 5.89. The maximum Gasteiger partial charge on any atom is 0.334 e. The van der Waals surface area contributed by atoms with Crippen LogP contribution in [0.25, 0.3) is 0 Å². The first-order valence-corrected chi connectivity index (χ1v) is 5.92. The van der Waals surface area contributed by atoms with Gasteiger partial charge in [0.15, 0.2) is 5.41 Å². The van der Waals surface area contributed by atoms with Crippen LogP contribution in [0, 0.1) is 28.1 Å². The monoisotopic (exact) mass is 252 g/mol. The molecular formula is C15H12N2O2. The minimum atomic E-state index is -1.10. The molecule has 0 atom stereocenters. The molecule has 0 saturated heterocycles. The summed E-state index contributed by atoms with van der Waals surface area (Å²) in [6.07, 6.45) is 2.06. The molecule has 0 amide bonds. The van der Waals surface area contributed by atoms with E-state index in [1.807, 2.05) is 42.5 Å². The molecule has 19 heavy (non-hydrogen) atoms. The normalized spacial score (nSPS) is 16.0. The van der Waals surface area contributed by atoms with Gasteiger partial charge in [0, 0.05) is 12.0 Å². The first kappa shape index (κ1) is 12.9. The van der Waals surface area contributed by atoms with E-state index in [4.69, 9.17) is 15.3 Å². The third kappa shape index (κ3) is 2.81. The van der Waals surface area contributed by atoms with Crippen molar-refractivity contribution in [2.24, 2.45) is 5.41 Å². The summed E-state index contributed by atoms with van der Waals surface area (Å²) in [5.41, 5.74) is 0.224. The lowest BCUT2D eigenvalue weighted by atomic mass is 9.88. The average molecular weight is 252 g/mol. The Kier molecular flexibility index (Phi) is 3.63. The Bertz CT molecular complexity index is 577. The molecule has 4 nitrogen and oxygen atoms in total. The molecule has 0 radical (unpaired) electrons. The fraction of sp³-hybridized carbons (Fsp3) is 0.267. The molecule has 0 spiro atoms. The molecule has 0 heterocycles. The van der Waals surface area contributed by atoms with Crippen LogP contribution in [0.3, 0.4) is 0 Å². The van der Waals surface area contributed by atoms with Gasteiger partial charge in [-0.05, 0) is 12.0 Å². The summed E-state index contributed by atoms with van der Waals surface area (Å²) in [7, 11) is 0. The fourth-order valence-corrected chi connectivity index (χ4v) is 1.93. The highest BCUT2D eigenvalue weighted by atomic mass is 16.5. The van der Waals surface area contributed by atoms with Crippen LogP contribution in [0.1, 0.15) is 18.4 Å². The predicted molar refractivity (Wildman–Crippen MR) is 67.2 cm³/mol. The third-order valence-corrected chi connectivity index (χ3v) is 3.09. The van der Waals surface area contributed by atoms with Crippen molar-refractivity contribution in [3.63, 3.8) is 0 Å². The fourth-order valence-electron chi connectivity index (χ4n) is 1.93. The van der Waals surface area contributed by atoms with E-state index < -0.39 is 11.4 Å². The van der Waals surface area contributed by atoms with Crippen molar-refractivity contribution in [2.75, 3.05) is 0 Å². The molecule has 94 valence electrons. The van der Waals surface area contributed by atoms with Crippen molar-refractivity contribution in [3.8, 4) is 12.1 Å². The Balaban J connectivity index is 1.93. The molecule has 0 aromatic heterocycles. The summed E-state index contributed by atoms with van der Waals surface area (Å²) >= 11 is 0. The number of ether oxygens (including phenoxy) is 1. The zero-order valence-corrected chi connectivity index (χ0v) is 10.3. The van der Waals surface area contributed by atoms with Crippen molar-refractivity contribution in [1.29, 1.82) is 10.5 Å². The number of allylic oxidation sites excluding steroid dienone is 1. The van der Waals surface area contributed by atoms with Crippen LogP contribution in [0.15, 0.2) is 42.0 Å². The minimum absolute atomic E-state index is 0.146. The van der Waals surface area contributed by atoms with Crippen LogP contribution in [-0.4, -0.2) is 5.97 Å². The molecule has 2 rings (SSSR count). The first-order valence-electron chi connectivity index (χ1n) is 5.92. The number of hydrogen-bond donors (Lipinski definition) is 0. The van der Waals surface area contributed by atoms with Gasteiger partial charge in [0.05, 0.1) is 12.1 Å². The van der Waals surface area contributed by atoms with Gasteiger partial charge in [0.1, 0.15) is 6.61 Å². The number of hydrogen-bond acceptors (Lipinski definition) is 4. The SMILES string of the molecule is N#CC1(C#N)CC=C(C(=O)OCc2ccccc2)C1. The lowest BCUT2D eigenvalue weighted by molar-refractivity contribution is -0.140. The van der Waals surface area contributed by atoms with Gasteiger partial charge >= 0.3 is 5.97 Å². The number of esters is 1. The van der Waals surface area contributed by atoms with E-state index in [2.05, 4.69) is 0 Å². The first-order chi connectivity index (χ1) is 9.19. The van der Waals surface area contributed by atoms with Gasteiger partial charge in [0.2, 0.25) is 0 Å². The second-order valence-electron chi connectivity index (χ2n) is 4.48. The van der Waals surface area contributed by atoms with Gasteiger partial charge in [-0.2, -0.15) is 10.5 Å². The Labute approximate surface area is 111 Å². The van der Waals surface area contributed by atoms with E-state index in [0.717, 1.165) is 5.56 Å². The number of rotatable bonds is 3. The van der Waals surface area contributed by atoms with Crippen LogP contribution in [0.4, 0.5) is 0 Å². The molecule has 0 bridgehead atoms. The summed E-state index contributed by atoms with van der Waals surface area (Å²) < 4.78 is 5.17. The third-order valence-electron chi connectivity index (χ3n) is 3.09. The zero-order chi connectivity index (χ0) is 13.7. The summed E-state index contributed by atoms with van der Waals surface area (Å²) in [6, 6.07) is 13.3. The summed E-state index contributed by atoms with van der Waals surface area (Å²) in [5.74, 6) is -0.448. The lowest BCUT2D eigenvalue weighted by Gasteiger charge is -2.10. The van der Waals surface area contributed by atoms with E-state index in [1.165, 1.54) is 0 Å². The van der Waals surface area contributed by atoms with E-state index in [1.54, 1.807) is 6.08 Å². The van der Waals surface area contributed by atoms with Crippen LogP contribution >= 0.6 is 0 Å². The van der Waals surface area contributed by atoms with Crippen LogP contribution in [-0.2, 0) is 16.1 Å². The molecule has 0 N–H and O–H groups in total. The number of nitriles is 2.